The Morgan fingerprint density at radius 1 is 1.12 bits per heavy atom. The van der Waals surface area contributed by atoms with Gasteiger partial charge in [-0.15, -0.1) is 0 Å². The molecule has 1 atom stereocenters. The fourth-order valence-electron chi connectivity index (χ4n) is 2.93. The molecule has 2 aromatic rings. The molecule has 0 heterocycles. The van der Waals surface area contributed by atoms with Crippen LogP contribution < -0.4 is 19.5 Å². The van der Waals surface area contributed by atoms with Gasteiger partial charge in [-0.25, -0.2) is 13.1 Å². The van der Waals surface area contributed by atoms with Gasteiger partial charge in [0.1, 0.15) is 12.6 Å². The van der Waals surface area contributed by atoms with Gasteiger partial charge in [0.25, 0.3) is 0 Å². The summed E-state index contributed by atoms with van der Waals surface area (Å²) in [6, 6.07) is 11.9. The lowest BCUT2D eigenvalue weighted by Gasteiger charge is -2.20. The molecular weight excluding hydrogens is 464 g/mol. The molecule has 0 saturated heterocycles. The van der Waals surface area contributed by atoms with Crippen LogP contribution in [0.4, 0.5) is 0 Å². The number of sulfonamides is 1. The zero-order valence-corrected chi connectivity index (χ0v) is 20.7. The Labute approximate surface area is 200 Å². The molecule has 0 bridgehead atoms. The van der Waals surface area contributed by atoms with Gasteiger partial charge in [-0.05, 0) is 54.3 Å². The third kappa shape index (κ3) is 9.34. The van der Waals surface area contributed by atoms with E-state index in [1.165, 1.54) is 0 Å². The van der Waals surface area contributed by atoms with Crippen molar-refractivity contribution in [2.24, 2.45) is 5.92 Å². The van der Waals surface area contributed by atoms with Crippen molar-refractivity contribution in [3.05, 3.63) is 58.6 Å². The Balaban J connectivity index is 1.91. The summed E-state index contributed by atoms with van der Waals surface area (Å²) in [6.45, 7) is 4.11. The first-order chi connectivity index (χ1) is 15.6. The molecule has 0 saturated carbocycles. The molecule has 0 aliphatic heterocycles. The van der Waals surface area contributed by atoms with Crippen LogP contribution in [-0.4, -0.2) is 46.9 Å². The molecule has 0 aliphatic rings. The van der Waals surface area contributed by atoms with Gasteiger partial charge in [0.05, 0.1) is 13.4 Å². The SMILES string of the molecule is COc1cc(CCNC(=O)[C@H](NS(C)(=O)=O)C(C)C)ccc1OCC#Cc1ccc(Cl)cc1. The van der Waals surface area contributed by atoms with E-state index in [4.69, 9.17) is 21.1 Å². The van der Waals surface area contributed by atoms with Gasteiger partial charge >= 0.3 is 0 Å². The van der Waals surface area contributed by atoms with Crippen LogP contribution in [0.25, 0.3) is 0 Å². The second kappa shape index (κ2) is 12.5. The van der Waals surface area contributed by atoms with Gasteiger partial charge in [0.2, 0.25) is 15.9 Å². The highest BCUT2D eigenvalue weighted by Gasteiger charge is 2.24. The van der Waals surface area contributed by atoms with Crippen molar-refractivity contribution in [1.82, 2.24) is 10.0 Å². The highest BCUT2D eigenvalue weighted by Crippen LogP contribution is 2.28. The molecule has 2 aromatic carbocycles. The van der Waals surface area contributed by atoms with Gasteiger partial charge in [-0.1, -0.05) is 43.4 Å². The van der Waals surface area contributed by atoms with Crippen molar-refractivity contribution < 1.29 is 22.7 Å². The van der Waals surface area contributed by atoms with Crippen LogP contribution >= 0.6 is 11.6 Å². The number of rotatable bonds is 10. The molecule has 0 fully saturated rings. The minimum atomic E-state index is -3.49. The Kier molecular flexibility index (Phi) is 10.0. The number of carbonyl (C=O) groups is 1. The topological polar surface area (TPSA) is 93.7 Å². The minimum Gasteiger partial charge on any atom is -0.493 e. The fraction of sp³-hybridized carbons (Fsp3) is 0.375. The van der Waals surface area contributed by atoms with Crippen molar-refractivity contribution >= 4 is 27.5 Å². The van der Waals surface area contributed by atoms with Gasteiger partial charge in [0, 0.05) is 17.1 Å². The summed E-state index contributed by atoms with van der Waals surface area (Å²) in [7, 11) is -1.94. The molecule has 0 aromatic heterocycles. The Hall–Kier alpha value is -2.73. The summed E-state index contributed by atoms with van der Waals surface area (Å²) >= 11 is 5.86. The summed E-state index contributed by atoms with van der Waals surface area (Å²) in [4.78, 5) is 12.4. The third-order valence-electron chi connectivity index (χ3n) is 4.61. The third-order valence-corrected chi connectivity index (χ3v) is 5.54. The molecule has 1 amide bonds. The number of halogens is 1. The van der Waals surface area contributed by atoms with Crippen LogP contribution in [0.15, 0.2) is 42.5 Å². The van der Waals surface area contributed by atoms with Crippen LogP contribution in [0.3, 0.4) is 0 Å². The van der Waals surface area contributed by atoms with E-state index >= 15 is 0 Å². The number of amides is 1. The predicted octanol–water partition coefficient (Wildman–Crippen LogP) is 3.01. The van der Waals surface area contributed by atoms with Gasteiger partial charge < -0.3 is 14.8 Å². The molecule has 178 valence electrons. The second-order valence-corrected chi connectivity index (χ2v) is 9.95. The summed E-state index contributed by atoms with van der Waals surface area (Å²) in [6.07, 6.45) is 1.58. The first-order valence-electron chi connectivity index (χ1n) is 10.4. The standard InChI is InChI=1S/C24H29ClN2O5S/c1-17(2)23(27-33(4,29)30)24(28)26-14-13-19-9-12-21(22(16-19)31-3)32-15-5-6-18-7-10-20(25)11-8-18/h7-12,16-17,23,27H,13-15H2,1-4H3,(H,26,28)/t23-/m1/s1. The second-order valence-electron chi connectivity index (χ2n) is 7.74. The van der Waals surface area contributed by atoms with Crippen molar-refractivity contribution in [2.75, 3.05) is 26.5 Å². The van der Waals surface area contributed by atoms with Gasteiger partial charge in [0.15, 0.2) is 11.5 Å². The molecular formula is C24H29ClN2O5S. The van der Waals surface area contributed by atoms with Crippen molar-refractivity contribution in [3.63, 3.8) is 0 Å². The molecule has 0 aliphatic carbocycles. The van der Waals surface area contributed by atoms with E-state index in [-0.39, 0.29) is 18.4 Å². The molecule has 33 heavy (non-hydrogen) atoms. The van der Waals surface area contributed by atoms with Crippen LogP contribution in [0, 0.1) is 17.8 Å². The highest BCUT2D eigenvalue weighted by molar-refractivity contribution is 7.88. The molecule has 2 rings (SSSR count). The number of benzene rings is 2. The molecule has 9 heteroatoms. The Morgan fingerprint density at radius 3 is 2.42 bits per heavy atom. The van der Waals surface area contributed by atoms with Crippen molar-refractivity contribution in [1.29, 1.82) is 0 Å². The maximum absolute atomic E-state index is 12.4. The predicted molar refractivity (Wildman–Crippen MR) is 130 cm³/mol. The van der Waals surface area contributed by atoms with E-state index in [2.05, 4.69) is 21.9 Å². The molecule has 0 unspecified atom stereocenters. The fourth-order valence-corrected chi connectivity index (χ4v) is 3.90. The number of nitrogens with one attached hydrogen (secondary N) is 2. The number of methoxy groups -OCH3 is 1. The lowest BCUT2D eigenvalue weighted by molar-refractivity contribution is -0.123. The quantitative estimate of drug-likeness (QED) is 0.497. The highest BCUT2D eigenvalue weighted by atomic mass is 35.5. The zero-order valence-electron chi connectivity index (χ0n) is 19.1. The first-order valence-corrected chi connectivity index (χ1v) is 12.6. The molecule has 0 spiro atoms. The lowest BCUT2D eigenvalue weighted by Crippen LogP contribution is -2.49. The molecule has 2 N–H and O–H groups in total. The summed E-state index contributed by atoms with van der Waals surface area (Å²) in [5.41, 5.74) is 1.78. The number of ether oxygens (including phenoxy) is 2. The maximum Gasteiger partial charge on any atom is 0.238 e. The summed E-state index contributed by atoms with van der Waals surface area (Å²) in [5, 5.41) is 3.44. The minimum absolute atomic E-state index is 0.181. The number of hydrogen-bond acceptors (Lipinski definition) is 5. The van der Waals surface area contributed by atoms with Crippen LogP contribution in [0.5, 0.6) is 11.5 Å². The monoisotopic (exact) mass is 492 g/mol. The Morgan fingerprint density at radius 2 is 1.82 bits per heavy atom. The number of hydrogen-bond donors (Lipinski definition) is 2. The zero-order chi connectivity index (χ0) is 24.4. The molecule has 7 nitrogen and oxygen atoms in total. The average molecular weight is 493 g/mol. The smallest absolute Gasteiger partial charge is 0.238 e. The van der Waals surface area contributed by atoms with Crippen LogP contribution in [0.1, 0.15) is 25.0 Å². The van der Waals surface area contributed by atoms with E-state index in [1.807, 2.05) is 24.3 Å². The normalized spacial score (nSPS) is 11.9. The van der Waals surface area contributed by atoms with Gasteiger partial charge in [-0.3, -0.25) is 4.79 Å². The van der Waals surface area contributed by atoms with E-state index in [9.17, 15) is 13.2 Å². The van der Waals surface area contributed by atoms with E-state index in [0.29, 0.717) is 29.5 Å². The Bertz CT molecular complexity index is 1110. The van der Waals surface area contributed by atoms with E-state index in [0.717, 1.165) is 17.4 Å². The summed E-state index contributed by atoms with van der Waals surface area (Å²) < 4.78 is 36.5. The molecule has 0 radical (unpaired) electrons. The lowest BCUT2D eigenvalue weighted by atomic mass is 10.0. The number of carbonyl (C=O) groups excluding carboxylic acids is 1. The largest absolute Gasteiger partial charge is 0.493 e. The van der Waals surface area contributed by atoms with Crippen molar-refractivity contribution in [3.8, 4) is 23.3 Å². The van der Waals surface area contributed by atoms with Gasteiger partial charge in [-0.2, -0.15) is 0 Å². The van der Waals surface area contributed by atoms with E-state index < -0.39 is 16.1 Å². The maximum atomic E-state index is 12.4. The van der Waals surface area contributed by atoms with Crippen LogP contribution in [-0.2, 0) is 21.2 Å². The van der Waals surface area contributed by atoms with E-state index in [1.54, 1.807) is 39.2 Å². The summed E-state index contributed by atoms with van der Waals surface area (Å²) in [5.74, 6) is 6.54. The van der Waals surface area contributed by atoms with Crippen LogP contribution in [0.2, 0.25) is 5.02 Å². The first kappa shape index (κ1) is 26.5. The average Bonchev–Trinajstić information content (AvgIpc) is 2.76. The van der Waals surface area contributed by atoms with Crippen molar-refractivity contribution in [2.45, 2.75) is 26.3 Å².